The molecule has 2 aromatic carbocycles. The first kappa shape index (κ1) is 20.8. The summed E-state index contributed by atoms with van der Waals surface area (Å²) < 4.78 is 38.1. The van der Waals surface area contributed by atoms with Crippen molar-refractivity contribution >= 4 is 21.7 Å². The molecule has 0 unspecified atom stereocenters. The van der Waals surface area contributed by atoms with Crippen LogP contribution in [0.5, 0.6) is 5.75 Å². The third-order valence-corrected chi connectivity index (χ3v) is 5.93. The Hall–Kier alpha value is -2.54. The van der Waals surface area contributed by atoms with E-state index in [1.807, 2.05) is 19.1 Å². The number of aryl methyl sites for hydroxylation is 2. The number of benzene rings is 2. The predicted molar refractivity (Wildman–Crippen MR) is 105 cm³/mol. The molecule has 0 saturated heterocycles. The van der Waals surface area contributed by atoms with Crippen LogP contribution in [-0.2, 0) is 26.0 Å². The van der Waals surface area contributed by atoms with Gasteiger partial charge in [0.25, 0.3) is 10.0 Å². The molecule has 0 heterocycles. The van der Waals surface area contributed by atoms with Gasteiger partial charge < -0.3 is 9.47 Å². The van der Waals surface area contributed by atoms with Gasteiger partial charge in [-0.25, -0.2) is 8.42 Å². The van der Waals surface area contributed by atoms with Crippen LogP contribution in [-0.4, -0.2) is 34.6 Å². The lowest BCUT2D eigenvalue weighted by Crippen LogP contribution is -2.37. The summed E-state index contributed by atoms with van der Waals surface area (Å²) in [7, 11) is -2.44. The maximum absolute atomic E-state index is 13.4. The largest absolute Gasteiger partial charge is 0.496 e. The van der Waals surface area contributed by atoms with E-state index >= 15 is 0 Å². The van der Waals surface area contributed by atoms with E-state index < -0.39 is 22.5 Å². The van der Waals surface area contributed by atoms with Crippen LogP contribution in [0.1, 0.15) is 25.0 Å². The molecule has 7 heteroatoms. The summed E-state index contributed by atoms with van der Waals surface area (Å²) in [6.07, 6.45) is 0.632. The van der Waals surface area contributed by atoms with E-state index in [0.29, 0.717) is 23.4 Å². The number of hydrogen-bond donors (Lipinski definition) is 0. The molecule has 27 heavy (non-hydrogen) atoms. The summed E-state index contributed by atoms with van der Waals surface area (Å²) in [6, 6.07) is 11.8. The highest BCUT2D eigenvalue weighted by Crippen LogP contribution is 2.29. The highest BCUT2D eigenvalue weighted by atomic mass is 32.2. The topological polar surface area (TPSA) is 72.9 Å². The fourth-order valence-corrected chi connectivity index (χ4v) is 4.35. The number of ether oxygens (including phenoxy) is 2. The van der Waals surface area contributed by atoms with Gasteiger partial charge in [0.1, 0.15) is 12.3 Å². The van der Waals surface area contributed by atoms with Crippen LogP contribution in [0.25, 0.3) is 0 Å². The monoisotopic (exact) mass is 391 g/mol. The van der Waals surface area contributed by atoms with Crippen LogP contribution in [0.15, 0.2) is 47.4 Å². The van der Waals surface area contributed by atoms with Gasteiger partial charge in [0.15, 0.2) is 0 Å². The number of esters is 1. The van der Waals surface area contributed by atoms with E-state index in [4.69, 9.17) is 9.47 Å². The molecule has 0 aromatic heterocycles. The van der Waals surface area contributed by atoms with Crippen molar-refractivity contribution in [2.45, 2.75) is 32.1 Å². The standard InChI is InChI=1S/C20H25NO5S/c1-5-16-9-7-8-10-18(16)21(14-20(22)26-6-2)27(23,24)17-11-12-19(25-4)15(3)13-17/h7-13H,5-6,14H2,1-4H3. The lowest BCUT2D eigenvalue weighted by atomic mass is 10.1. The summed E-state index contributed by atoms with van der Waals surface area (Å²) in [5.74, 6) is -0.00272. The number of hydrogen-bond acceptors (Lipinski definition) is 5. The number of rotatable bonds is 8. The minimum atomic E-state index is -3.97. The molecule has 6 nitrogen and oxygen atoms in total. The number of para-hydroxylation sites is 1. The molecule has 146 valence electrons. The van der Waals surface area contributed by atoms with Crippen molar-refractivity contribution in [1.29, 1.82) is 0 Å². The molecule has 0 radical (unpaired) electrons. The van der Waals surface area contributed by atoms with Gasteiger partial charge in [0.05, 0.1) is 24.3 Å². The Morgan fingerprint density at radius 1 is 1.11 bits per heavy atom. The third kappa shape index (κ3) is 4.60. The third-order valence-electron chi connectivity index (χ3n) is 4.17. The van der Waals surface area contributed by atoms with Crippen molar-refractivity contribution < 1.29 is 22.7 Å². The van der Waals surface area contributed by atoms with E-state index in [1.165, 1.54) is 13.2 Å². The second kappa shape index (κ2) is 8.90. The number of sulfonamides is 1. The van der Waals surface area contributed by atoms with Gasteiger partial charge in [0.2, 0.25) is 0 Å². The van der Waals surface area contributed by atoms with Crippen molar-refractivity contribution in [2.75, 3.05) is 24.6 Å². The molecular weight excluding hydrogens is 366 g/mol. The van der Waals surface area contributed by atoms with Crippen LogP contribution in [0.3, 0.4) is 0 Å². The molecule has 0 spiro atoms. The van der Waals surface area contributed by atoms with E-state index in [1.54, 1.807) is 38.1 Å². The first-order valence-electron chi connectivity index (χ1n) is 8.76. The fraction of sp³-hybridized carbons (Fsp3) is 0.350. The van der Waals surface area contributed by atoms with Crippen molar-refractivity contribution in [3.63, 3.8) is 0 Å². The van der Waals surface area contributed by atoms with E-state index in [-0.39, 0.29) is 11.5 Å². The summed E-state index contributed by atoms with van der Waals surface area (Å²) >= 11 is 0. The molecule has 0 aliphatic heterocycles. The Kier molecular flexibility index (Phi) is 6.85. The van der Waals surface area contributed by atoms with Crippen LogP contribution >= 0.6 is 0 Å². The van der Waals surface area contributed by atoms with Crippen molar-refractivity contribution in [3.05, 3.63) is 53.6 Å². The number of carbonyl (C=O) groups excluding carboxylic acids is 1. The molecule has 0 atom stereocenters. The van der Waals surface area contributed by atoms with Crippen molar-refractivity contribution in [1.82, 2.24) is 0 Å². The zero-order valence-corrected chi connectivity index (χ0v) is 16.9. The van der Waals surface area contributed by atoms with Crippen LogP contribution in [0, 0.1) is 6.92 Å². The molecule has 0 aliphatic rings. The van der Waals surface area contributed by atoms with Gasteiger partial charge in [-0.15, -0.1) is 0 Å². The quantitative estimate of drug-likeness (QED) is 0.646. The van der Waals surface area contributed by atoms with Gasteiger partial charge >= 0.3 is 5.97 Å². The summed E-state index contributed by atoms with van der Waals surface area (Å²) in [4.78, 5) is 12.2. The Balaban J connectivity index is 2.57. The number of methoxy groups -OCH3 is 1. The maximum atomic E-state index is 13.4. The van der Waals surface area contributed by atoms with Crippen LogP contribution in [0.4, 0.5) is 5.69 Å². The average Bonchev–Trinajstić information content (AvgIpc) is 2.66. The van der Waals surface area contributed by atoms with Gasteiger partial charge in [0, 0.05) is 0 Å². The zero-order chi connectivity index (χ0) is 20.0. The number of anilines is 1. The minimum absolute atomic E-state index is 0.0935. The molecule has 0 aliphatic carbocycles. The number of nitrogens with zero attached hydrogens (tertiary/aromatic N) is 1. The van der Waals surface area contributed by atoms with Crippen LogP contribution in [0.2, 0.25) is 0 Å². The zero-order valence-electron chi connectivity index (χ0n) is 16.1. The van der Waals surface area contributed by atoms with Gasteiger partial charge in [-0.2, -0.15) is 0 Å². The Labute approximate surface area is 160 Å². The summed E-state index contributed by atoms with van der Waals surface area (Å²) in [5.41, 5.74) is 2.00. The second-order valence-corrected chi connectivity index (χ2v) is 7.79. The van der Waals surface area contributed by atoms with Gasteiger partial charge in [-0.3, -0.25) is 9.10 Å². The molecule has 2 rings (SSSR count). The van der Waals surface area contributed by atoms with E-state index in [2.05, 4.69) is 0 Å². The molecule has 0 amide bonds. The van der Waals surface area contributed by atoms with Gasteiger partial charge in [-0.1, -0.05) is 25.1 Å². The summed E-state index contributed by atoms with van der Waals surface area (Å²) in [5, 5.41) is 0. The maximum Gasteiger partial charge on any atom is 0.326 e. The van der Waals surface area contributed by atoms with Crippen molar-refractivity contribution in [3.8, 4) is 5.75 Å². The molecule has 0 fully saturated rings. The molecule has 0 saturated carbocycles. The van der Waals surface area contributed by atoms with Crippen LogP contribution < -0.4 is 9.04 Å². The molecular formula is C20H25NO5S. The average molecular weight is 391 g/mol. The molecule has 0 N–H and O–H groups in total. The summed E-state index contributed by atoms with van der Waals surface area (Å²) in [6.45, 7) is 5.19. The Morgan fingerprint density at radius 2 is 1.81 bits per heavy atom. The fourth-order valence-electron chi connectivity index (χ4n) is 2.82. The first-order chi connectivity index (χ1) is 12.8. The lowest BCUT2D eigenvalue weighted by Gasteiger charge is -2.26. The normalized spacial score (nSPS) is 11.1. The number of carbonyl (C=O) groups is 1. The van der Waals surface area contributed by atoms with Crippen molar-refractivity contribution in [2.24, 2.45) is 0 Å². The second-order valence-electron chi connectivity index (χ2n) is 5.93. The Bertz CT molecular complexity index is 908. The van der Waals surface area contributed by atoms with E-state index in [9.17, 15) is 13.2 Å². The molecule has 0 bridgehead atoms. The highest BCUT2D eigenvalue weighted by molar-refractivity contribution is 7.92. The Morgan fingerprint density at radius 3 is 2.41 bits per heavy atom. The smallest absolute Gasteiger partial charge is 0.326 e. The highest BCUT2D eigenvalue weighted by Gasteiger charge is 2.29. The SMILES string of the molecule is CCOC(=O)CN(c1ccccc1CC)S(=O)(=O)c1ccc(OC)c(C)c1. The van der Waals surface area contributed by atoms with E-state index in [0.717, 1.165) is 9.87 Å². The lowest BCUT2D eigenvalue weighted by molar-refractivity contribution is -0.141. The van der Waals surface area contributed by atoms with Gasteiger partial charge in [-0.05, 0) is 55.7 Å². The minimum Gasteiger partial charge on any atom is -0.496 e. The molecule has 2 aromatic rings. The predicted octanol–water partition coefficient (Wildman–Crippen LogP) is 3.32. The first-order valence-corrected chi connectivity index (χ1v) is 10.2.